The topological polar surface area (TPSA) is 40.5 Å². The van der Waals surface area contributed by atoms with Crippen LogP contribution in [0.15, 0.2) is 24.3 Å². The lowest BCUT2D eigenvalue weighted by atomic mass is 9.97. The summed E-state index contributed by atoms with van der Waals surface area (Å²) in [5.41, 5.74) is -4.66. The van der Waals surface area contributed by atoms with Crippen LogP contribution in [0.4, 0.5) is 26.3 Å². The van der Waals surface area contributed by atoms with Crippen molar-refractivity contribution in [2.24, 2.45) is 5.92 Å². The minimum Gasteiger partial charge on any atom is -0.479 e. The molecule has 3 nitrogen and oxygen atoms in total. The Bertz CT molecular complexity index is 810. The van der Waals surface area contributed by atoms with Crippen molar-refractivity contribution < 1.29 is 36.2 Å². The highest BCUT2D eigenvalue weighted by atomic mass is 19.4. The molecule has 1 aromatic rings. The molecular formula is C19H19F6NO2. The lowest BCUT2D eigenvalue weighted by molar-refractivity contribution is -0.147. The third-order valence-electron chi connectivity index (χ3n) is 5.43. The van der Waals surface area contributed by atoms with Crippen molar-refractivity contribution in [3.05, 3.63) is 41.0 Å². The minimum atomic E-state index is -4.87. The second kappa shape index (κ2) is 6.70. The van der Waals surface area contributed by atoms with Crippen LogP contribution in [0.1, 0.15) is 49.3 Å². The normalized spacial score (nSPS) is 23.1. The summed E-state index contributed by atoms with van der Waals surface area (Å²) in [5.74, 6) is -0.849. The largest absolute Gasteiger partial charge is 0.479 e. The van der Waals surface area contributed by atoms with Gasteiger partial charge in [0.2, 0.25) is 0 Å². The number of carboxylic acid groups (broad SMARTS) is 1. The lowest BCUT2D eigenvalue weighted by Crippen LogP contribution is -2.48. The van der Waals surface area contributed by atoms with Gasteiger partial charge in [-0.05, 0) is 37.5 Å². The number of hydrogen-bond acceptors (Lipinski definition) is 2. The maximum atomic E-state index is 13.5. The highest BCUT2D eigenvalue weighted by molar-refractivity contribution is 5.85. The van der Waals surface area contributed by atoms with Gasteiger partial charge in [0.15, 0.2) is 0 Å². The van der Waals surface area contributed by atoms with Crippen molar-refractivity contribution in [3.8, 4) is 0 Å². The molecule has 0 spiro atoms. The maximum Gasteiger partial charge on any atom is 0.417 e. The summed E-state index contributed by atoms with van der Waals surface area (Å²) in [6, 6.07) is 1.27. The van der Waals surface area contributed by atoms with Gasteiger partial charge in [-0.15, -0.1) is 0 Å². The van der Waals surface area contributed by atoms with Gasteiger partial charge < -0.3 is 10.0 Å². The molecule has 0 bridgehead atoms. The number of nitrogens with zero attached hydrogens (tertiary/aromatic N) is 1. The Labute approximate surface area is 157 Å². The van der Waals surface area contributed by atoms with Gasteiger partial charge in [0.1, 0.15) is 5.54 Å². The number of aliphatic carboxylic acids is 1. The van der Waals surface area contributed by atoms with Crippen LogP contribution in [0.2, 0.25) is 0 Å². The lowest BCUT2D eigenvalue weighted by Gasteiger charge is -2.36. The van der Waals surface area contributed by atoms with Gasteiger partial charge in [0, 0.05) is 24.2 Å². The summed E-state index contributed by atoms with van der Waals surface area (Å²) in [7, 11) is 0. The molecule has 0 radical (unpaired) electrons. The van der Waals surface area contributed by atoms with Gasteiger partial charge in [-0.3, -0.25) is 0 Å². The average Bonchev–Trinajstić information content (AvgIpc) is 3.33. The number of halogens is 6. The average molecular weight is 407 g/mol. The molecule has 1 atom stereocenters. The molecule has 9 heteroatoms. The smallest absolute Gasteiger partial charge is 0.417 e. The fourth-order valence-corrected chi connectivity index (χ4v) is 3.50. The predicted octanol–water partition coefficient (Wildman–Crippen LogP) is 5.41. The molecule has 0 saturated heterocycles. The SMILES string of the molecule is CC1(C(=O)O)CC=C(c2cc(C(F)(F)F)ccc2C(F)(F)F)N1CCC1CC1. The molecule has 1 heterocycles. The first-order valence-electron chi connectivity index (χ1n) is 8.84. The van der Waals surface area contributed by atoms with Crippen molar-refractivity contribution in [2.75, 3.05) is 6.54 Å². The maximum absolute atomic E-state index is 13.5. The monoisotopic (exact) mass is 407 g/mol. The van der Waals surface area contributed by atoms with Crippen LogP contribution < -0.4 is 0 Å². The van der Waals surface area contributed by atoms with E-state index in [0.29, 0.717) is 30.5 Å². The van der Waals surface area contributed by atoms with Crippen molar-refractivity contribution >= 4 is 11.7 Å². The van der Waals surface area contributed by atoms with Crippen LogP contribution in [0.3, 0.4) is 0 Å². The zero-order valence-electron chi connectivity index (χ0n) is 15.0. The number of alkyl halides is 6. The second-order valence-corrected chi connectivity index (χ2v) is 7.51. The zero-order chi connectivity index (χ0) is 20.9. The fourth-order valence-electron chi connectivity index (χ4n) is 3.50. The molecule has 1 aliphatic carbocycles. The van der Waals surface area contributed by atoms with E-state index in [4.69, 9.17) is 0 Å². The molecule has 1 aliphatic heterocycles. The number of hydrogen-bond donors (Lipinski definition) is 1. The van der Waals surface area contributed by atoms with E-state index < -0.39 is 40.6 Å². The number of carbonyl (C=O) groups is 1. The summed E-state index contributed by atoms with van der Waals surface area (Å²) >= 11 is 0. The van der Waals surface area contributed by atoms with Gasteiger partial charge in [0.05, 0.1) is 11.1 Å². The molecule has 1 aromatic carbocycles. The first kappa shape index (κ1) is 20.5. The Balaban J connectivity index is 2.09. The molecular weight excluding hydrogens is 388 g/mol. The molecule has 1 N–H and O–H groups in total. The highest BCUT2D eigenvalue weighted by Crippen LogP contribution is 2.45. The van der Waals surface area contributed by atoms with Gasteiger partial charge >= 0.3 is 18.3 Å². The van der Waals surface area contributed by atoms with Crippen molar-refractivity contribution in [3.63, 3.8) is 0 Å². The summed E-state index contributed by atoms with van der Waals surface area (Å²) in [6.45, 7) is 1.56. The summed E-state index contributed by atoms with van der Waals surface area (Å²) in [5, 5.41) is 9.62. The van der Waals surface area contributed by atoms with E-state index in [2.05, 4.69) is 0 Å². The first-order valence-corrected chi connectivity index (χ1v) is 8.84. The van der Waals surface area contributed by atoms with E-state index in [1.807, 2.05) is 0 Å². The van der Waals surface area contributed by atoms with Gasteiger partial charge in [0.25, 0.3) is 0 Å². The standard InChI is InChI=1S/C19H19F6NO2/c1-17(16(27)28)8-6-15(26(17)9-7-11-2-3-11)13-10-12(18(20,21)22)4-5-14(13)19(23,24)25/h4-6,10-11H,2-3,7-9H2,1H3,(H,27,28). The van der Waals surface area contributed by atoms with Crippen molar-refractivity contribution in [2.45, 2.75) is 50.5 Å². The van der Waals surface area contributed by atoms with Crippen LogP contribution in [-0.2, 0) is 17.1 Å². The molecule has 0 amide bonds. The van der Waals surface area contributed by atoms with E-state index in [0.717, 1.165) is 12.8 Å². The molecule has 1 fully saturated rings. The minimum absolute atomic E-state index is 0.0874. The van der Waals surface area contributed by atoms with E-state index >= 15 is 0 Å². The molecule has 154 valence electrons. The quantitative estimate of drug-likeness (QED) is 0.663. The van der Waals surface area contributed by atoms with Crippen molar-refractivity contribution in [1.29, 1.82) is 0 Å². The van der Waals surface area contributed by atoms with E-state index in [1.165, 1.54) is 17.9 Å². The van der Waals surface area contributed by atoms with Crippen LogP contribution >= 0.6 is 0 Å². The second-order valence-electron chi connectivity index (χ2n) is 7.51. The van der Waals surface area contributed by atoms with Crippen LogP contribution in [0.25, 0.3) is 5.70 Å². The van der Waals surface area contributed by atoms with Crippen LogP contribution in [0, 0.1) is 5.92 Å². The Hall–Kier alpha value is -2.19. The van der Waals surface area contributed by atoms with E-state index in [9.17, 15) is 36.2 Å². The summed E-state index contributed by atoms with van der Waals surface area (Å²) < 4.78 is 79.8. The van der Waals surface area contributed by atoms with E-state index in [-0.39, 0.29) is 18.7 Å². The molecule has 1 saturated carbocycles. The summed E-state index contributed by atoms with van der Waals surface area (Å²) in [6.07, 6.45) is -5.96. The first-order chi connectivity index (χ1) is 12.8. The Morgan fingerprint density at radius 2 is 1.82 bits per heavy atom. The van der Waals surface area contributed by atoms with Crippen molar-refractivity contribution in [1.82, 2.24) is 4.90 Å². The Morgan fingerprint density at radius 3 is 2.32 bits per heavy atom. The molecule has 2 aliphatic rings. The fraction of sp³-hybridized carbons (Fsp3) is 0.526. The zero-order valence-corrected chi connectivity index (χ0v) is 15.0. The third-order valence-corrected chi connectivity index (χ3v) is 5.43. The van der Waals surface area contributed by atoms with Gasteiger partial charge in [-0.2, -0.15) is 26.3 Å². The third kappa shape index (κ3) is 3.84. The Morgan fingerprint density at radius 1 is 1.18 bits per heavy atom. The summed E-state index contributed by atoms with van der Waals surface area (Å²) in [4.78, 5) is 13.1. The predicted molar refractivity (Wildman–Crippen MR) is 89.1 cm³/mol. The Kier molecular flexibility index (Phi) is 4.92. The number of carboxylic acids is 1. The number of rotatable bonds is 5. The highest BCUT2D eigenvalue weighted by Gasteiger charge is 2.47. The van der Waals surface area contributed by atoms with Crippen LogP contribution in [-0.4, -0.2) is 28.1 Å². The molecule has 28 heavy (non-hydrogen) atoms. The molecule has 0 aromatic heterocycles. The number of benzene rings is 1. The molecule has 1 unspecified atom stereocenters. The van der Waals surface area contributed by atoms with Gasteiger partial charge in [-0.25, -0.2) is 4.79 Å². The van der Waals surface area contributed by atoms with Crippen LogP contribution in [0.5, 0.6) is 0 Å². The van der Waals surface area contributed by atoms with E-state index in [1.54, 1.807) is 0 Å². The molecule has 3 rings (SSSR count). The van der Waals surface area contributed by atoms with Gasteiger partial charge in [-0.1, -0.05) is 18.9 Å².